The van der Waals surface area contributed by atoms with Crippen LogP contribution in [0.5, 0.6) is 0 Å². The SMILES string of the molecule is O=c1c(Cl)c(Cl)c(=O)c2sc3c(=O)c(Cl)c(Cl)c(=O)c3sc12. The molecular formula is C12Cl4O4S2. The average Bonchev–Trinajstić information content (AvgIpc) is 2.52. The minimum atomic E-state index is -0.678. The second-order valence-corrected chi connectivity index (χ2v) is 7.65. The van der Waals surface area contributed by atoms with Gasteiger partial charge in [-0.2, -0.15) is 0 Å². The molecule has 0 aliphatic heterocycles. The molecule has 3 rings (SSSR count). The van der Waals surface area contributed by atoms with Gasteiger partial charge in [-0.1, -0.05) is 46.4 Å². The zero-order valence-corrected chi connectivity index (χ0v) is 14.6. The molecule has 0 spiro atoms. The van der Waals surface area contributed by atoms with Crippen LogP contribution in [0.3, 0.4) is 0 Å². The van der Waals surface area contributed by atoms with Gasteiger partial charge in [-0.25, -0.2) is 0 Å². The average molecular weight is 414 g/mol. The first-order valence-electron chi connectivity index (χ1n) is 5.39. The van der Waals surface area contributed by atoms with Crippen molar-refractivity contribution in [2.75, 3.05) is 0 Å². The first-order valence-corrected chi connectivity index (χ1v) is 8.53. The zero-order chi connectivity index (χ0) is 16.3. The summed E-state index contributed by atoms with van der Waals surface area (Å²) in [6.07, 6.45) is 0. The van der Waals surface area contributed by atoms with E-state index in [0.717, 1.165) is 0 Å². The van der Waals surface area contributed by atoms with E-state index in [2.05, 4.69) is 0 Å². The molecule has 0 fully saturated rings. The van der Waals surface area contributed by atoms with E-state index in [0.29, 0.717) is 22.7 Å². The summed E-state index contributed by atoms with van der Waals surface area (Å²) in [4.78, 5) is 48.5. The third-order valence-electron chi connectivity index (χ3n) is 2.83. The maximum atomic E-state index is 12.1. The number of fused-ring (bicyclic) bond motifs is 2. The van der Waals surface area contributed by atoms with Crippen molar-refractivity contribution in [1.29, 1.82) is 0 Å². The van der Waals surface area contributed by atoms with E-state index in [9.17, 15) is 19.2 Å². The number of rotatable bonds is 0. The topological polar surface area (TPSA) is 68.3 Å². The molecule has 1 heterocycles. The highest BCUT2D eigenvalue weighted by atomic mass is 35.5. The summed E-state index contributed by atoms with van der Waals surface area (Å²) in [6.45, 7) is 0. The largest absolute Gasteiger partial charge is 0.287 e. The monoisotopic (exact) mass is 412 g/mol. The maximum Gasteiger partial charge on any atom is 0.217 e. The van der Waals surface area contributed by atoms with E-state index in [-0.39, 0.29) is 18.8 Å². The molecule has 22 heavy (non-hydrogen) atoms. The van der Waals surface area contributed by atoms with Crippen molar-refractivity contribution in [3.63, 3.8) is 0 Å². The van der Waals surface area contributed by atoms with Crippen LogP contribution in [0, 0.1) is 0 Å². The summed E-state index contributed by atoms with van der Waals surface area (Å²) in [5.41, 5.74) is -2.71. The highest BCUT2D eigenvalue weighted by molar-refractivity contribution is 7.36. The van der Waals surface area contributed by atoms with Gasteiger partial charge in [-0.3, -0.25) is 19.2 Å². The fourth-order valence-corrected chi connectivity index (χ4v) is 5.16. The van der Waals surface area contributed by atoms with Gasteiger partial charge in [-0.15, -0.1) is 22.7 Å². The van der Waals surface area contributed by atoms with Gasteiger partial charge >= 0.3 is 0 Å². The van der Waals surface area contributed by atoms with Crippen LogP contribution in [0.1, 0.15) is 0 Å². The van der Waals surface area contributed by atoms with Gasteiger partial charge in [0.2, 0.25) is 21.7 Å². The highest BCUT2D eigenvalue weighted by Crippen LogP contribution is 2.30. The highest BCUT2D eigenvalue weighted by Gasteiger charge is 2.20. The fraction of sp³-hybridized carbons (Fsp3) is 0. The van der Waals surface area contributed by atoms with Gasteiger partial charge in [0, 0.05) is 0 Å². The number of hydrogen-bond acceptors (Lipinski definition) is 6. The lowest BCUT2D eigenvalue weighted by Gasteiger charge is -2.02. The van der Waals surface area contributed by atoms with Gasteiger partial charge in [0.05, 0.1) is 18.8 Å². The standard InChI is InChI=1S/C12Cl4O4S2/c13-1-2(14)6(18)10-9(5(1)17)21-11-7(19)3(15)4(16)8(20)12(11)22-10. The molecule has 0 aliphatic rings. The molecular weight excluding hydrogens is 414 g/mol. The van der Waals surface area contributed by atoms with Crippen molar-refractivity contribution in [3.05, 3.63) is 61.0 Å². The number of hydrogen-bond donors (Lipinski definition) is 0. The molecule has 1 aromatic heterocycles. The van der Waals surface area contributed by atoms with E-state index in [1.807, 2.05) is 0 Å². The summed E-state index contributed by atoms with van der Waals surface area (Å²) in [6, 6.07) is 0. The first-order chi connectivity index (χ1) is 10.3. The van der Waals surface area contributed by atoms with E-state index in [1.54, 1.807) is 0 Å². The minimum Gasteiger partial charge on any atom is -0.287 e. The molecule has 3 aromatic rings. The molecule has 0 bridgehead atoms. The van der Waals surface area contributed by atoms with Crippen molar-refractivity contribution < 1.29 is 0 Å². The Labute approximate surface area is 148 Å². The molecule has 0 saturated carbocycles. The number of halogens is 4. The Morgan fingerprint density at radius 3 is 0.818 bits per heavy atom. The van der Waals surface area contributed by atoms with Crippen LogP contribution in [-0.4, -0.2) is 0 Å². The lowest BCUT2D eigenvalue weighted by Crippen LogP contribution is -2.15. The van der Waals surface area contributed by atoms with Gasteiger partial charge < -0.3 is 0 Å². The Kier molecular flexibility index (Phi) is 3.96. The molecule has 112 valence electrons. The number of benzene rings is 2. The van der Waals surface area contributed by atoms with Crippen LogP contribution in [0.25, 0.3) is 18.8 Å². The molecule has 0 aliphatic carbocycles. The molecule has 0 N–H and O–H groups in total. The molecule has 10 heteroatoms. The van der Waals surface area contributed by atoms with E-state index >= 15 is 0 Å². The van der Waals surface area contributed by atoms with Gasteiger partial charge in [-0.05, 0) is 0 Å². The van der Waals surface area contributed by atoms with Crippen LogP contribution in [0.15, 0.2) is 19.2 Å². The van der Waals surface area contributed by atoms with E-state index in [1.165, 1.54) is 0 Å². The zero-order valence-electron chi connectivity index (χ0n) is 9.96. The maximum absolute atomic E-state index is 12.1. The fourth-order valence-electron chi connectivity index (χ4n) is 1.78. The molecule has 0 saturated heterocycles. The summed E-state index contributed by atoms with van der Waals surface area (Å²) in [5, 5.41) is -1.68. The summed E-state index contributed by atoms with van der Waals surface area (Å²) >= 11 is 24.2. The van der Waals surface area contributed by atoms with Gasteiger partial charge in [0.1, 0.15) is 20.1 Å². The third kappa shape index (κ3) is 2.10. The molecule has 0 amide bonds. The second-order valence-electron chi connectivity index (χ2n) is 4.09. The third-order valence-corrected chi connectivity index (χ3v) is 7.10. The molecule has 0 unspecified atom stereocenters. The summed E-state index contributed by atoms with van der Waals surface area (Å²) in [7, 11) is 0. The molecule has 2 aromatic carbocycles. The lowest BCUT2D eigenvalue weighted by atomic mass is 10.3. The smallest absolute Gasteiger partial charge is 0.217 e. The van der Waals surface area contributed by atoms with Crippen LogP contribution in [-0.2, 0) is 0 Å². The Morgan fingerprint density at radius 2 is 0.636 bits per heavy atom. The Bertz CT molecular complexity index is 1010. The predicted molar refractivity (Wildman–Crippen MR) is 93.5 cm³/mol. The van der Waals surface area contributed by atoms with Gasteiger partial charge in [0.15, 0.2) is 0 Å². The second kappa shape index (κ2) is 5.40. The molecule has 0 atom stereocenters. The summed E-state index contributed by atoms with van der Waals surface area (Å²) in [5.74, 6) is 0. The summed E-state index contributed by atoms with van der Waals surface area (Å²) < 4.78 is -0.197. The van der Waals surface area contributed by atoms with E-state index < -0.39 is 41.8 Å². The predicted octanol–water partition coefficient (Wildman–Crippen LogP) is 3.61. The normalized spacial score (nSPS) is 11.5. The van der Waals surface area contributed by atoms with Crippen LogP contribution in [0.4, 0.5) is 0 Å². The van der Waals surface area contributed by atoms with Crippen LogP contribution >= 0.6 is 69.1 Å². The molecule has 0 radical (unpaired) electrons. The Morgan fingerprint density at radius 1 is 0.455 bits per heavy atom. The van der Waals surface area contributed by atoms with Crippen molar-refractivity contribution >= 4 is 87.9 Å². The van der Waals surface area contributed by atoms with E-state index in [4.69, 9.17) is 46.4 Å². The Balaban J connectivity index is 2.77. The van der Waals surface area contributed by atoms with Crippen LogP contribution in [0.2, 0.25) is 20.1 Å². The van der Waals surface area contributed by atoms with Crippen LogP contribution < -0.4 is 21.7 Å². The molecule has 4 nitrogen and oxygen atoms in total. The van der Waals surface area contributed by atoms with Crippen molar-refractivity contribution in [1.82, 2.24) is 0 Å². The van der Waals surface area contributed by atoms with Crippen molar-refractivity contribution in [3.8, 4) is 0 Å². The van der Waals surface area contributed by atoms with Gasteiger partial charge in [0.25, 0.3) is 0 Å². The Hall–Kier alpha value is -0.760. The van der Waals surface area contributed by atoms with Crippen molar-refractivity contribution in [2.45, 2.75) is 0 Å². The van der Waals surface area contributed by atoms with Crippen molar-refractivity contribution in [2.24, 2.45) is 0 Å². The minimum absolute atomic E-state index is 0.0493. The first kappa shape index (κ1) is 16.1. The lowest BCUT2D eigenvalue weighted by molar-refractivity contribution is 1.63. The quantitative estimate of drug-likeness (QED) is 0.528.